The molecule has 0 aliphatic rings. The van der Waals surface area contributed by atoms with Gasteiger partial charge in [-0.3, -0.25) is 4.57 Å². The number of ether oxygens (including phenoxy) is 2. The lowest BCUT2D eigenvalue weighted by Gasteiger charge is -2.11. The Morgan fingerprint density at radius 2 is 2.04 bits per heavy atom. The number of aromatic nitrogens is 3. The molecule has 5 nitrogen and oxygen atoms in total. The van der Waals surface area contributed by atoms with E-state index in [9.17, 15) is 13.2 Å². The Hall–Kier alpha value is -2.32. The number of halogens is 4. The molecule has 24 heavy (non-hydrogen) atoms. The molecule has 0 radical (unpaired) electrons. The molecule has 0 fully saturated rings. The molecule has 0 atom stereocenters. The third-order valence-electron chi connectivity index (χ3n) is 3.16. The SMILES string of the molecule is COCn1c(-c2cccc(OC(F)(F)F)c2)nc2ncc(Cl)cc21. The van der Waals surface area contributed by atoms with Gasteiger partial charge in [0.05, 0.1) is 10.5 Å². The van der Waals surface area contributed by atoms with Crippen molar-refractivity contribution in [3.05, 3.63) is 41.6 Å². The van der Waals surface area contributed by atoms with Gasteiger partial charge in [0, 0.05) is 18.9 Å². The van der Waals surface area contributed by atoms with E-state index in [1.54, 1.807) is 16.7 Å². The van der Waals surface area contributed by atoms with Crippen molar-refractivity contribution in [1.29, 1.82) is 0 Å². The van der Waals surface area contributed by atoms with Gasteiger partial charge in [-0.05, 0) is 18.2 Å². The molecular weight excluding hydrogens is 347 g/mol. The minimum Gasteiger partial charge on any atom is -0.406 e. The molecule has 1 aromatic carbocycles. The number of imidazole rings is 1. The van der Waals surface area contributed by atoms with Crippen LogP contribution in [-0.2, 0) is 11.5 Å². The summed E-state index contributed by atoms with van der Waals surface area (Å²) in [5, 5.41) is 0.417. The van der Waals surface area contributed by atoms with Gasteiger partial charge in [0.25, 0.3) is 0 Å². The van der Waals surface area contributed by atoms with Crippen LogP contribution in [0.5, 0.6) is 5.75 Å². The first-order chi connectivity index (χ1) is 11.4. The number of nitrogens with zero attached hydrogens (tertiary/aromatic N) is 3. The highest BCUT2D eigenvalue weighted by molar-refractivity contribution is 6.31. The normalized spacial score (nSPS) is 11.9. The summed E-state index contributed by atoms with van der Waals surface area (Å²) in [6.45, 7) is 0.137. The summed E-state index contributed by atoms with van der Waals surface area (Å²) >= 11 is 5.95. The summed E-state index contributed by atoms with van der Waals surface area (Å²) in [5.41, 5.74) is 1.46. The topological polar surface area (TPSA) is 49.2 Å². The summed E-state index contributed by atoms with van der Waals surface area (Å²) < 4.78 is 48.0. The molecule has 3 rings (SSSR count). The largest absolute Gasteiger partial charge is 0.573 e. The molecular formula is C15H11ClF3N3O2. The number of alkyl halides is 3. The van der Waals surface area contributed by atoms with Gasteiger partial charge in [-0.25, -0.2) is 9.97 Å². The van der Waals surface area contributed by atoms with Crippen molar-refractivity contribution in [1.82, 2.24) is 14.5 Å². The maximum Gasteiger partial charge on any atom is 0.573 e. The van der Waals surface area contributed by atoms with Gasteiger partial charge in [-0.1, -0.05) is 23.7 Å². The molecule has 0 unspecified atom stereocenters. The van der Waals surface area contributed by atoms with Crippen LogP contribution in [0.4, 0.5) is 13.2 Å². The van der Waals surface area contributed by atoms with Gasteiger partial charge < -0.3 is 9.47 Å². The van der Waals surface area contributed by atoms with Crippen molar-refractivity contribution in [2.24, 2.45) is 0 Å². The predicted molar refractivity (Wildman–Crippen MR) is 81.7 cm³/mol. The molecule has 0 saturated carbocycles. The summed E-state index contributed by atoms with van der Waals surface area (Å²) in [7, 11) is 1.50. The van der Waals surface area contributed by atoms with Crippen molar-refractivity contribution in [3.8, 4) is 17.1 Å². The molecule has 0 N–H and O–H groups in total. The van der Waals surface area contributed by atoms with Gasteiger partial charge in [0.1, 0.15) is 18.3 Å². The molecule has 0 amide bonds. The van der Waals surface area contributed by atoms with Gasteiger partial charge in [-0.2, -0.15) is 0 Å². The predicted octanol–water partition coefficient (Wildman–Crippen LogP) is 4.25. The average Bonchev–Trinajstić information content (AvgIpc) is 2.84. The second-order valence-electron chi connectivity index (χ2n) is 4.85. The minimum absolute atomic E-state index is 0.137. The van der Waals surface area contributed by atoms with E-state index in [0.29, 0.717) is 27.6 Å². The van der Waals surface area contributed by atoms with Crippen LogP contribution in [0.3, 0.4) is 0 Å². The van der Waals surface area contributed by atoms with Crippen LogP contribution in [0.15, 0.2) is 36.5 Å². The third kappa shape index (κ3) is 3.44. The van der Waals surface area contributed by atoms with E-state index in [1.807, 2.05) is 0 Å². The smallest absolute Gasteiger partial charge is 0.406 e. The van der Waals surface area contributed by atoms with Crippen LogP contribution in [0.1, 0.15) is 0 Å². The summed E-state index contributed by atoms with van der Waals surface area (Å²) in [4.78, 5) is 8.48. The van der Waals surface area contributed by atoms with Crippen LogP contribution in [0, 0.1) is 0 Å². The molecule has 0 spiro atoms. The van der Waals surface area contributed by atoms with Crippen molar-refractivity contribution >= 4 is 22.8 Å². The van der Waals surface area contributed by atoms with Gasteiger partial charge in [0.2, 0.25) is 0 Å². The molecule has 0 aliphatic carbocycles. The fourth-order valence-electron chi connectivity index (χ4n) is 2.29. The lowest BCUT2D eigenvalue weighted by Crippen LogP contribution is -2.17. The van der Waals surface area contributed by atoms with Gasteiger partial charge >= 0.3 is 6.36 Å². The molecule has 9 heteroatoms. The van der Waals surface area contributed by atoms with Crippen molar-refractivity contribution in [3.63, 3.8) is 0 Å². The molecule has 0 aliphatic heterocycles. The third-order valence-corrected chi connectivity index (χ3v) is 3.36. The molecule has 3 aromatic rings. The second-order valence-corrected chi connectivity index (χ2v) is 5.29. The Morgan fingerprint density at radius 3 is 2.75 bits per heavy atom. The Morgan fingerprint density at radius 1 is 1.25 bits per heavy atom. The monoisotopic (exact) mass is 357 g/mol. The lowest BCUT2D eigenvalue weighted by molar-refractivity contribution is -0.274. The average molecular weight is 358 g/mol. The van der Waals surface area contributed by atoms with Crippen molar-refractivity contribution in [2.45, 2.75) is 13.1 Å². The van der Waals surface area contributed by atoms with Crippen LogP contribution in [0.25, 0.3) is 22.6 Å². The zero-order valence-electron chi connectivity index (χ0n) is 12.3. The zero-order chi connectivity index (χ0) is 17.3. The van der Waals surface area contributed by atoms with Crippen molar-refractivity contribution in [2.75, 3.05) is 7.11 Å². The van der Waals surface area contributed by atoms with E-state index in [-0.39, 0.29) is 12.5 Å². The number of benzene rings is 1. The molecule has 2 heterocycles. The fraction of sp³-hybridized carbons (Fsp3) is 0.200. The summed E-state index contributed by atoms with van der Waals surface area (Å²) in [5.74, 6) is 0.0660. The van der Waals surface area contributed by atoms with E-state index in [4.69, 9.17) is 16.3 Å². The van der Waals surface area contributed by atoms with Crippen LogP contribution >= 0.6 is 11.6 Å². The van der Waals surface area contributed by atoms with E-state index >= 15 is 0 Å². The number of hydrogen-bond acceptors (Lipinski definition) is 4. The van der Waals surface area contributed by atoms with E-state index < -0.39 is 6.36 Å². The highest BCUT2D eigenvalue weighted by Gasteiger charge is 2.31. The highest BCUT2D eigenvalue weighted by atomic mass is 35.5. The Bertz CT molecular complexity index is 880. The molecule has 0 bridgehead atoms. The fourth-order valence-corrected chi connectivity index (χ4v) is 2.45. The van der Waals surface area contributed by atoms with Crippen LogP contribution in [-0.4, -0.2) is 28.0 Å². The number of rotatable bonds is 4. The van der Waals surface area contributed by atoms with E-state index in [2.05, 4.69) is 14.7 Å². The Balaban J connectivity index is 2.12. The van der Waals surface area contributed by atoms with Crippen LogP contribution in [0.2, 0.25) is 5.02 Å². The van der Waals surface area contributed by atoms with Crippen LogP contribution < -0.4 is 4.74 Å². The van der Waals surface area contributed by atoms with Gasteiger partial charge in [0.15, 0.2) is 5.65 Å². The number of fused-ring (bicyclic) bond motifs is 1. The molecule has 0 saturated heterocycles. The summed E-state index contributed by atoms with van der Waals surface area (Å²) in [6, 6.07) is 7.21. The first kappa shape index (κ1) is 16.5. The zero-order valence-corrected chi connectivity index (χ0v) is 13.1. The molecule has 126 valence electrons. The van der Waals surface area contributed by atoms with Crippen molar-refractivity contribution < 1.29 is 22.6 Å². The maximum atomic E-state index is 12.4. The first-order valence-electron chi connectivity index (χ1n) is 6.74. The molecule has 2 aromatic heterocycles. The standard InChI is InChI=1S/C15H11ClF3N3O2/c1-23-8-22-12-6-10(16)7-20-13(12)21-14(22)9-3-2-4-11(5-9)24-15(17,18)19/h2-7H,8H2,1H3. The summed E-state index contributed by atoms with van der Waals surface area (Å²) in [6.07, 6.45) is -3.32. The van der Waals surface area contributed by atoms with Gasteiger partial charge in [-0.15, -0.1) is 13.2 Å². The Labute approximate surface area is 139 Å². The number of pyridine rings is 1. The number of hydrogen-bond donors (Lipinski definition) is 0. The Kier molecular flexibility index (Phi) is 4.33. The highest BCUT2D eigenvalue weighted by Crippen LogP contribution is 2.30. The second kappa shape index (κ2) is 6.29. The quantitative estimate of drug-likeness (QED) is 0.700. The van der Waals surface area contributed by atoms with E-state index in [1.165, 1.54) is 31.5 Å². The first-order valence-corrected chi connectivity index (χ1v) is 7.12. The maximum absolute atomic E-state index is 12.4. The lowest BCUT2D eigenvalue weighted by atomic mass is 10.2. The van der Waals surface area contributed by atoms with E-state index in [0.717, 1.165) is 0 Å². The minimum atomic E-state index is -4.76. The number of methoxy groups -OCH3 is 1.